The minimum Gasteiger partial charge on any atom is -0.481 e. The van der Waals surface area contributed by atoms with E-state index in [1.165, 1.54) is 0 Å². The summed E-state index contributed by atoms with van der Waals surface area (Å²) in [5.41, 5.74) is 0. The molecule has 106 valence electrons. The molecule has 4 unspecified atom stereocenters. The van der Waals surface area contributed by atoms with Gasteiger partial charge in [0.25, 0.3) is 0 Å². The van der Waals surface area contributed by atoms with Gasteiger partial charge in [0.05, 0.1) is 18.3 Å². The second kappa shape index (κ2) is 4.86. The van der Waals surface area contributed by atoms with E-state index in [1.807, 2.05) is 0 Å². The maximum atomic E-state index is 12.0. The van der Waals surface area contributed by atoms with E-state index >= 15 is 0 Å². The molecule has 1 amide bonds. The van der Waals surface area contributed by atoms with E-state index in [2.05, 4.69) is 5.32 Å². The molecule has 0 radical (unpaired) electrons. The normalized spacial score (nSPS) is 32.6. The highest BCUT2D eigenvalue weighted by molar-refractivity contribution is 5.86. The summed E-state index contributed by atoms with van der Waals surface area (Å²) in [7, 11) is 0. The van der Waals surface area contributed by atoms with Gasteiger partial charge in [0.2, 0.25) is 5.91 Å². The summed E-state index contributed by atoms with van der Waals surface area (Å²) >= 11 is 0. The van der Waals surface area contributed by atoms with E-state index in [0.29, 0.717) is 6.42 Å². The van der Waals surface area contributed by atoms with Crippen LogP contribution in [0.4, 0.5) is 13.2 Å². The van der Waals surface area contributed by atoms with Gasteiger partial charge >= 0.3 is 12.1 Å². The van der Waals surface area contributed by atoms with Gasteiger partial charge in [-0.1, -0.05) is 12.2 Å². The number of carbonyl (C=O) groups is 2. The molecule has 2 bridgehead atoms. The van der Waals surface area contributed by atoms with Crippen LogP contribution in [0, 0.1) is 23.7 Å². The van der Waals surface area contributed by atoms with Crippen molar-refractivity contribution < 1.29 is 27.9 Å². The topological polar surface area (TPSA) is 66.4 Å². The van der Waals surface area contributed by atoms with Gasteiger partial charge in [-0.05, 0) is 18.3 Å². The maximum absolute atomic E-state index is 12.0. The van der Waals surface area contributed by atoms with Crippen molar-refractivity contribution in [3.05, 3.63) is 12.2 Å². The van der Waals surface area contributed by atoms with Crippen LogP contribution in [0.25, 0.3) is 0 Å². The SMILES string of the molecule is O=C(O)C1C2C=CC(C2)C1C(=O)NCCC(F)(F)F. The fourth-order valence-corrected chi connectivity index (χ4v) is 2.96. The molecule has 1 fully saturated rings. The van der Waals surface area contributed by atoms with E-state index in [-0.39, 0.29) is 11.8 Å². The lowest BCUT2D eigenvalue weighted by Gasteiger charge is -2.23. The van der Waals surface area contributed by atoms with Gasteiger partial charge in [-0.2, -0.15) is 13.2 Å². The molecule has 0 spiro atoms. The number of hydrogen-bond acceptors (Lipinski definition) is 2. The van der Waals surface area contributed by atoms with Crippen LogP contribution in [0.15, 0.2) is 12.2 Å². The first-order valence-corrected chi connectivity index (χ1v) is 6.05. The van der Waals surface area contributed by atoms with Crippen molar-refractivity contribution in [3.8, 4) is 0 Å². The Bertz CT molecular complexity index is 419. The van der Waals surface area contributed by atoms with Crippen LogP contribution in [-0.4, -0.2) is 29.7 Å². The van der Waals surface area contributed by atoms with Crippen LogP contribution in [0.5, 0.6) is 0 Å². The number of carboxylic acids is 1. The summed E-state index contributed by atoms with van der Waals surface area (Å²) in [5, 5.41) is 11.3. The molecule has 2 aliphatic rings. The van der Waals surface area contributed by atoms with E-state index in [1.54, 1.807) is 12.2 Å². The van der Waals surface area contributed by atoms with Crippen LogP contribution in [0.2, 0.25) is 0 Å². The van der Waals surface area contributed by atoms with Gasteiger partial charge in [0, 0.05) is 6.54 Å². The summed E-state index contributed by atoms with van der Waals surface area (Å²) in [6.07, 6.45) is -1.27. The molecule has 1 saturated carbocycles. The third kappa shape index (κ3) is 2.90. The third-order valence-corrected chi connectivity index (χ3v) is 3.75. The molecular formula is C12H14F3NO3. The van der Waals surface area contributed by atoms with Crippen LogP contribution in [0.1, 0.15) is 12.8 Å². The fourth-order valence-electron chi connectivity index (χ4n) is 2.96. The van der Waals surface area contributed by atoms with E-state index < -0.39 is 42.9 Å². The van der Waals surface area contributed by atoms with Crippen molar-refractivity contribution >= 4 is 11.9 Å². The van der Waals surface area contributed by atoms with Crippen molar-refractivity contribution in [1.29, 1.82) is 0 Å². The second-order valence-corrected chi connectivity index (χ2v) is 4.99. The molecule has 7 heteroatoms. The summed E-state index contributed by atoms with van der Waals surface area (Å²) in [6, 6.07) is 0. The molecule has 4 nitrogen and oxygen atoms in total. The number of nitrogens with one attached hydrogen (secondary N) is 1. The lowest BCUT2D eigenvalue weighted by Crippen LogP contribution is -2.41. The molecule has 2 N–H and O–H groups in total. The summed E-state index contributed by atoms with van der Waals surface area (Å²) in [5.74, 6) is -3.57. The summed E-state index contributed by atoms with van der Waals surface area (Å²) in [6.45, 7) is -0.508. The van der Waals surface area contributed by atoms with Gasteiger partial charge in [0.1, 0.15) is 0 Å². The molecule has 0 aliphatic heterocycles. The lowest BCUT2D eigenvalue weighted by molar-refractivity contribution is -0.148. The number of rotatable bonds is 4. The number of amides is 1. The fraction of sp³-hybridized carbons (Fsp3) is 0.667. The monoisotopic (exact) mass is 277 g/mol. The molecule has 19 heavy (non-hydrogen) atoms. The minimum atomic E-state index is -4.33. The molecule has 0 aromatic rings. The minimum absolute atomic E-state index is 0.169. The molecule has 0 saturated heterocycles. The Kier molecular flexibility index (Phi) is 3.56. The Morgan fingerprint density at radius 2 is 1.79 bits per heavy atom. The molecule has 2 rings (SSSR count). The standard InChI is InChI=1S/C12H14F3NO3/c13-12(14,15)3-4-16-10(17)8-6-1-2-7(5-6)9(8)11(18)19/h1-2,6-9H,3-5H2,(H,16,17)(H,18,19). The second-order valence-electron chi connectivity index (χ2n) is 4.99. The Labute approximate surface area is 107 Å². The predicted molar refractivity (Wildman–Crippen MR) is 59.0 cm³/mol. The number of hydrogen-bond donors (Lipinski definition) is 2. The number of carboxylic acid groups (broad SMARTS) is 1. The van der Waals surface area contributed by atoms with Crippen molar-refractivity contribution in [3.63, 3.8) is 0 Å². The van der Waals surface area contributed by atoms with Crippen LogP contribution in [-0.2, 0) is 9.59 Å². The molecule has 4 atom stereocenters. The smallest absolute Gasteiger partial charge is 0.390 e. The Morgan fingerprint density at radius 3 is 2.32 bits per heavy atom. The van der Waals surface area contributed by atoms with E-state index in [0.717, 1.165) is 0 Å². The largest absolute Gasteiger partial charge is 0.481 e. The van der Waals surface area contributed by atoms with Gasteiger partial charge in [-0.3, -0.25) is 9.59 Å². The van der Waals surface area contributed by atoms with Crippen molar-refractivity contribution in [2.75, 3.05) is 6.54 Å². The average molecular weight is 277 g/mol. The first kappa shape index (κ1) is 13.9. The molecular weight excluding hydrogens is 263 g/mol. The Morgan fingerprint density at radius 1 is 1.21 bits per heavy atom. The zero-order valence-electron chi connectivity index (χ0n) is 9.98. The Hall–Kier alpha value is -1.53. The van der Waals surface area contributed by atoms with Gasteiger partial charge < -0.3 is 10.4 Å². The third-order valence-electron chi connectivity index (χ3n) is 3.75. The molecule has 0 aromatic heterocycles. The van der Waals surface area contributed by atoms with Gasteiger partial charge in [0.15, 0.2) is 0 Å². The van der Waals surface area contributed by atoms with E-state index in [9.17, 15) is 22.8 Å². The van der Waals surface area contributed by atoms with Gasteiger partial charge in [-0.25, -0.2) is 0 Å². The number of halogens is 3. The quantitative estimate of drug-likeness (QED) is 0.767. The summed E-state index contributed by atoms with van der Waals surface area (Å²) < 4.78 is 35.9. The van der Waals surface area contributed by atoms with Crippen LogP contribution >= 0.6 is 0 Å². The van der Waals surface area contributed by atoms with Crippen molar-refractivity contribution in [2.45, 2.75) is 19.0 Å². The highest BCUT2D eigenvalue weighted by atomic mass is 19.4. The summed E-state index contributed by atoms with van der Waals surface area (Å²) in [4.78, 5) is 23.0. The van der Waals surface area contributed by atoms with Gasteiger partial charge in [-0.15, -0.1) is 0 Å². The zero-order valence-corrected chi connectivity index (χ0v) is 9.98. The maximum Gasteiger partial charge on any atom is 0.390 e. The Balaban J connectivity index is 1.95. The number of aliphatic carboxylic acids is 1. The predicted octanol–water partition coefficient (Wildman–Crippen LogP) is 1.58. The number of carbonyl (C=O) groups excluding carboxylic acids is 1. The number of alkyl halides is 3. The average Bonchev–Trinajstić information content (AvgIpc) is 2.85. The highest BCUT2D eigenvalue weighted by Crippen LogP contribution is 2.48. The van der Waals surface area contributed by atoms with Crippen molar-refractivity contribution in [2.24, 2.45) is 23.7 Å². The first-order chi connectivity index (χ1) is 8.79. The number of fused-ring (bicyclic) bond motifs is 2. The van der Waals surface area contributed by atoms with E-state index in [4.69, 9.17) is 5.11 Å². The van der Waals surface area contributed by atoms with Crippen LogP contribution in [0.3, 0.4) is 0 Å². The zero-order chi connectivity index (χ0) is 14.2. The molecule has 2 aliphatic carbocycles. The highest BCUT2D eigenvalue weighted by Gasteiger charge is 2.51. The molecule has 0 aromatic carbocycles. The lowest BCUT2D eigenvalue weighted by atomic mass is 9.82. The van der Waals surface area contributed by atoms with Crippen molar-refractivity contribution in [1.82, 2.24) is 5.32 Å². The molecule has 0 heterocycles. The van der Waals surface area contributed by atoms with Crippen LogP contribution < -0.4 is 5.32 Å². The first-order valence-electron chi connectivity index (χ1n) is 6.05. The number of allylic oxidation sites excluding steroid dienone is 2.